The van der Waals surface area contributed by atoms with Gasteiger partial charge in [-0.2, -0.15) is 0 Å². The maximum Gasteiger partial charge on any atom is 0.331 e. The second-order valence-corrected chi connectivity index (χ2v) is 2.47. The van der Waals surface area contributed by atoms with E-state index in [4.69, 9.17) is 10.8 Å². The monoisotopic (exact) mass is 167 g/mol. The Morgan fingerprint density at radius 2 is 2.00 bits per heavy atom. The van der Waals surface area contributed by atoms with Crippen molar-refractivity contribution in [3.8, 4) is 0 Å². The molecular formula is C9H13NO2. The van der Waals surface area contributed by atoms with Crippen LogP contribution in [0.1, 0.15) is 13.8 Å². The lowest BCUT2D eigenvalue weighted by Gasteiger charge is -1.98. The van der Waals surface area contributed by atoms with Crippen LogP contribution in [-0.4, -0.2) is 11.1 Å². The molecule has 0 atom stereocenters. The molecule has 0 unspecified atom stereocenters. The molecule has 3 nitrogen and oxygen atoms in total. The van der Waals surface area contributed by atoms with Crippen LogP contribution in [-0.2, 0) is 4.79 Å². The van der Waals surface area contributed by atoms with Crippen LogP contribution in [0, 0.1) is 0 Å². The minimum atomic E-state index is -0.963. The summed E-state index contributed by atoms with van der Waals surface area (Å²) in [7, 11) is 0. The molecule has 0 saturated heterocycles. The minimum absolute atomic E-state index is 0.216. The summed E-state index contributed by atoms with van der Waals surface area (Å²) in [5.74, 6) is -0.963. The second kappa shape index (κ2) is 4.38. The van der Waals surface area contributed by atoms with Crippen LogP contribution < -0.4 is 5.73 Å². The highest BCUT2D eigenvalue weighted by atomic mass is 16.4. The molecule has 0 aliphatic rings. The molecule has 0 aromatic carbocycles. The van der Waals surface area contributed by atoms with Gasteiger partial charge in [-0.05, 0) is 25.5 Å². The summed E-state index contributed by atoms with van der Waals surface area (Å²) in [6.45, 7) is 6.78. The number of carbonyl (C=O) groups is 1. The summed E-state index contributed by atoms with van der Waals surface area (Å²) < 4.78 is 0. The van der Waals surface area contributed by atoms with Gasteiger partial charge >= 0.3 is 5.97 Å². The van der Waals surface area contributed by atoms with Crippen molar-refractivity contribution in [2.75, 3.05) is 0 Å². The number of carboxylic acid groups (broad SMARTS) is 1. The van der Waals surface area contributed by atoms with Crippen molar-refractivity contribution in [2.45, 2.75) is 13.8 Å². The van der Waals surface area contributed by atoms with Crippen molar-refractivity contribution in [3.05, 3.63) is 35.6 Å². The van der Waals surface area contributed by atoms with Crippen LogP contribution in [0.25, 0.3) is 0 Å². The molecule has 0 spiro atoms. The van der Waals surface area contributed by atoms with E-state index in [1.165, 1.54) is 13.0 Å². The van der Waals surface area contributed by atoms with E-state index in [1.54, 1.807) is 13.0 Å². The number of nitrogens with two attached hydrogens (primary N) is 1. The van der Waals surface area contributed by atoms with Gasteiger partial charge in [0.25, 0.3) is 0 Å². The van der Waals surface area contributed by atoms with E-state index in [9.17, 15) is 4.79 Å². The van der Waals surface area contributed by atoms with Gasteiger partial charge in [-0.1, -0.05) is 12.7 Å². The Balaban J connectivity index is 4.76. The summed E-state index contributed by atoms with van der Waals surface area (Å²) in [6.07, 6.45) is 3.00. The van der Waals surface area contributed by atoms with Gasteiger partial charge in [0, 0.05) is 11.3 Å². The zero-order valence-electron chi connectivity index (χ0n) is 7.29. The second-order valence-electron chi connectivity index (χ2n) is 2.47. The van der Waals surface area contributed by atoms with E-state index in [2.05, 4.69) is 6.58 Å². The molecule has 0 saturated carbocycles. The van der Waals surface area contributed by atoms with Crippen molar-refractivity contribution in [1.82, 2.24) is 0 Å². The third-order valence-corrected chi connectivity index (χ3v) is 1.47. The number of allylic oxidation sites excluding steroid dienone is 3. The molecule has 0 rings (SSSR count). The van der Waals surface area contributed by atoms with Crippen LogP contribution in [0.2, 0.25) is 0 Å². The minimum Gasteiger partial charge on any atom is -0.478 e. The lowest BCUT2D eigenvalue weighted by atomic mass is 10.2. The molecule has 0 fully saturated rings. The van der Waals surface area contributed by atoms with Gasteiger partial charge in [0.2, 0.25) is 0 Å². The number of hydrogen-bond acceptors (Lipinski definition) is 2. The van der Waals surface area contributed by atoms with Gasteiger partial charge in [-0.15, -0.1) is 0 Å². The number of hydrogen-bond donors (Lipinski definition) is 2. The smallest absolute Gasteiger partial charge is 0.331 e. The van der Waals surface area contributed by atoms with Crippen molar-refractivity contribution in [1.29, 1.82) is 0 Å². The Kier molecular flexibility index (Phi) is 3.83. The zero-order chi connectivity index (χ0) is 9.72. The fourth-order valence-electron chi connectivity index (χ4n) is 0.527. The lowest BCUT2D eigenvalue weighted by Crippen LogP contribution is -2.02. The van der Waals surface area contributed by atoms with Crippen molar-refractivity contribution >= 4 is 5.97 Å². The number of carboxylic acids is 1. The quantitative estimate of drug-likeness (QED) is 0.493. The Bertz CT molecular complexity index is 262. The predicted molar refractivity (Wildman–Crippen MR) is 48.5 cm³/mol. The third-order valence-electron chi connectivity index (χ3n) is 1.47. The molecule has 3 heteroatoms. The maximum atomic E-state index is 10.4. The average Bonchev–Trinajstić information content (AvgIpc) is 2.02. The SMILES string of the molecule is C=C/C(C)=C(N)\C=C(/C)C(=O)O. The number of aliphatic carboxylic acids is 1. The maximum absolute atomic E-state index is 10.4. The average molecular weight is 167 g/mol. The highest BCUT2D eigenvalue weighted by Crippen LogP contribution is 2.03. The van der Waals surface area contributed by atoms with E-state index >= 15 is 0 Å². The molecule has 0 amide bonds. The van der Waals surface area contributed by atoms with Crippen molar-refractivity contribution in [3.63, 3.8) is 0 Å². The van der Waals surface area contributed by atoms with Crippen LogP contribution >= 0.6 is 0 Å². The first kappa shape index (κ1) is 10.5. The van der Waals surface area contributed by atoms with E-state index < -0.39 is 5.97 Å². The molecule has 3 N–H and O–H groups in total. The first-order chi connectivity index (χ1) is 5.49. The third kappa shape index (κ3) is 3.05. The zero-order valence-corrected chi connectivity index (χ0v) is 7.29. The number of rotatable bonds is 3. The highest BCUT2D eigenvalue weighted by molar-refractivity contribution is 5.86. The Hall–Kier alpha value is -1.51. The van der Waals surface area contributed by atoms with Crippen molar-refractivity contribution in [2.24, 2.45) is 5.73 Å². The molecule has 0 radical (unpaired) electrons. The van der Waals surface area contributed by atoms with Crippen LogP contribution in [0.15, 0.2) is 35.6 Å². The summed E-state index contributed by atoms with van der Waals surface area (Å²) in [5.41, 5.74) is 6.96. The van der Waals surface area contributed by atoms with Gasteiger partial charge in [-0.3, -0.25) is 0 Å². The standard InChI is InChI=1S/C9H13NO2/c1-4-6(2)8(10)5-7(3)9(11)12/h4-5H,1,10H2,2-3H3,(H,11,12)/b7-5+,8-6+. The summed E-state index contributed by atoms with van der Waals surface area (Å²) in [4.78, 5) is 10.4. The summed E-state index contributed by atoms with van der Waals surface area (Å²) >= 11 is 0. The first-order valence-electron chi connectivity index (χ1n) is 3.49. The van der Waals surface area contributed by atoms with E-state index in [1.807, 2.05) is 0 Å². The van der Waals surface area contributed by atoms with Crippen LogP contribution in [0.4, 0.5) is 0 Å². The van der Waals surface area contributed by atoms with Gasteiger partial charge < -0.3 is 10.8 Å². The molecule has 66 valence electrons. The van der Waals surface area contributed by atoms with Gasteiger partial charge in [0.15, 0.2) is 0 Å². The Morgan fingerprint density at radius 1 is 1.50 bits per heavy atom. The van der Waals surface area contributed by atoms with Crippen molar-refractivity contribution < 1.29 is 9.90 Å². The molecule has 0 aromatic rings. The topological polar surface area (TPSA) is 63.3 Å². The highest BCUT2D eigenvalue weighted by Gasteiger charge is 1.99. The van der Waals surface area contributed by atoms with Crippen LogP contribution in [0.3, 0.4) is 0 Å². The molecular weight excluding hydrogens is 154 g/mol. The molecule has 0 aromatic heterocycles. The van der Waals surface area contributed by atoms with Crippen LogP contribution in [0.5, 0.6) is 0 Å². The summed E-state index contributed by atoms with van der Waals surface area (Å²) in [6, 6.07) is 0. The predicted octanol–water partition coefficient (Wildman–Crippen LogP) is 1.44. The Labute approximate surface area is 71.9 Å². The Morgan fingerprint density at radius 3 is 2.33 bits per heavy atom. The fraction of sp³-hybridized carbons (Fsp3) is 0.222. The molecule has 0 bridgehead atoms. The van der Waals surface area contributed by atoms with E-state index in [-0.39, 0.29) is 5.57 Å². The fourth-order valence-corrected chi connectivity index (χ4v) is 0.527. The van der Waals surface area contributed by atoms with Gasteiger partial charge in [-0.25, -0.2) is 4.79 Å². The normalized spacial score (nSPS) is 13.7. The molecule has 12 heavy (non-hydrogen) atoms. The van der Waals surface area contributed by atoms with Gasteiger partial charge in [0.05, 0.1) is 0 Å². The molecule has 0 heterocycles. The molecule has 0 aliphatic carbocycles. The molecule has 0 aliphatic heterocycles. The lowest BCUT2D eigenvalue weighted by molar-refractivity contribution is -0.132. The van der Waals surface area contributed by atoms with E-state index in [0.29, 0.717) is 5.70 Å². The van der Waals surface area contributed by atoms with E-state index in [0.717, 1.165) is 5.57 Å². The largest absolute Gasteiger partial charge is 0.478 e. The first-order valence-corrected chi connectivity index (χ1v) is 3.49. The van der Waals surface area contributed by atoms with Gasteiger partial charge in [0.1, 0.15) is 0 Å². The summed E-state index contributed by atoms with van der Waals surface area (Å²) in [5, 5.41) is 8.51.